The Morgan fingerprint density at radius 3 is 3.05 bits per heavy atom. The Hall–Kier alpha value is -0.840. The molecule has 0 aromatic carbocycles. The fraction of sp³-hybridized carbons (Fsp3) is 0.733. The fourth-order valence-corrected chi connectivity index (χ4v) is 2.15. The first-order chi connectivity index (χ1) is 9.24. The number of rotatable bonds is 7. The van der Waals surface area contributed by atoms with Crippen LogP contribution in [0.25, 0.3) is 0 Å². The molecule has 2 rings (SSSR count). The average molecular weight is 267 g/mol. The highest BCUT2D eigenvalue weighted by Crippen LogP contribution is 2.14. The van der Waals surface area contributed by atoms with Gasteiger partial charge in [0.05, 0.1) is 19.0 Å². The molecule has 0 bridgehead atoms. The van der Waals surface area contributed by atoms with Crippen molar-refractivity contribution in [3.63, 3.8) is 0 Å². The lowest BCUT2D eigenvalue weighted by atomic mass is 10.1. The van der Waals surface area contributed by atoms with Gasteiger partial charge in [0, 0.05) is 24.8 Å². The summed E-state index contributed by atoms with van der Waals surface area (Å²) >= 11 is 0. The molecule has 1 aliphatic heterocycles. The molecular formula is C15H25NO3. The molecule has 1 aliphatic rings. The molecule has 1 atom stereocenters. The highest BCUT2D eigenvalue weighted by Gasteiger charge is 2.14. The zero-order chi connectivity index (χ0) is 13.5. The van der Waals surface area contributed by atoms with E-state index in [1.54, 1.807) is 6.26 Å². The van der Waals surface area contributed by atoms with Gasteiger partial charge in [-0.25, -0.2) is 0 Å². The summed E-state index contributed by atoms with van der Waals surface area (Å²) < 4.78 is 16.8. The van der Waals surface area contributed by atoms with Crippen molar-refractivity contribution in [2.45, 2.75) is 58.4 Å². The molecule has 4 heteroatoms. The first kappa shape index (κ1) is 14.6. The van der Waals surface area contributed by atoms with Gasteiger partial charge >= 0.3 is 0 Å². The summed E-state index contributed by atoms with van der Waals surface area (Å²) in [6, 6.07) is 2.54. The van der Waals surface area contributed by atoms with Crippen molar-refractivity contribution < 1.29 is 13.9 Å². The number of nitrogens with one attached hydrogen (secondary N) is 1. The van der Waals surface area contributed by atoms with Crippen LogP contribution in [0.4, 0.5) is 0 Å². The van der Waals surface area contributed by atoms with Gasteiger partial charge in [0.25, 0.3) is 0 Å². The Balaban J connectivity index is 1.65. The van der Waals surface area contributed by atoms with E-state index in [4.69, 9.17) is 13.9 Å². The minimum absolute atomic E-state index is 0.269. The van der Waals surface area contributed by atoms with Gasteiger partial charge in [-0.2, -0.15) is 0 Å². The molecule has 1 saturated heterocycles. The zero-order valence-corrected chi connectivity index (χ0v) is 12.0. The Labute approximate surface area is 115 Å². The van der Waals surface area contributed by atoms with E-state index in [1.807, 2.05) is 0 Å². The van der Waals surface area contributed by atoms with Crippen molar-refractivity contribution >= 4 is 0 Å². The third-order valence-corrected chi connectivity index (χ3v) is 3.24. The Bertz CT molecular complexity index is 356. The van der Waals surface area contributed by atoms with Gasteiger partial charge in [-0.05, 0) is 25.3 Å². The van der Waals surface area contributed by atoms with Gasteiger partial charge in [0.2, 0.25) is 0 Å². The first-order valence-corrected chi connectivity index (χ1v) is 7.23. The SMILES string of the molecule is CC(C)NCc1coc(COCC2CCCCO2)c1. The van der Waals surface area contributed by atoms with E-state index in [0.29, 0.717) is 19.3 Å². The molecule has 0 spiro atoms. The van der Waals surface area contributed by atoms with Crippen molar-refractivity contribution in [2.75, 3.05) is 13.2 Å². The number of hydrogen-bond donors (Lipinski definition) is 1. The predicted octanol–water partition coefficient (Wildman–Crippen LogP) is 2.86. The van der Waals surface area contributed by atoms with E-state index < -0.39 is 0 Å². The molecule has 0 amide bonds. The minimum atomic E-state index is 0.269. The fourth-order valence-electron chi connectivity index (χ4n) is 2.15. The lowest BCUT2D eigenvalue weighted by Crippen LogP contribution is -2.24. The van der Waals surface area contributed by atoms with Crippen molar-refractivity contribution in [3.8, 4) is 0 Å². The maximum absolute atomic E-state index is 5.66. The monoisotopic (exact) mass is 267 g/mol. The summed E-state index contributed by atoms with van der Waals surface area (Å²) in [4.78, 5) is 0. The summed E-state index contributed by atoms with van der Waals surface area (Å²) in [5.41, 5.74) is 1.17. The van der Waals surface area contributed by atoms with Crippen LogP contribution >= 0.6 is 0 Å². The van der Waals surface area contributed by atoms with Crippen LogP contribution < -0.4 is 5.32 Å². The van der Waals surface area contributed by atoms with Crippen LogP contribution in [0.2, 0.25) is 0 Å². The summed E-state index contributed by atoms with van der Waals surface area (Å²) in [5.74, 6) is 0.886. The molecule has 1 N–H and O–H groups in total. The van der Waals surface area contributed by atoms with Crippen molar-refractivity contribution in [1.29, 1.82) is 0 Å². The van der Waals surface area contributed by atoms with E-state index >= 15 is 0 Å². The van der Waals surface area contributed by atoms with E-state index in [9.17, 15) is 0 Å². The second kappa shape index (κ2) is 7.68. The highest BCUT2D eigenvalue weighted by atomic mass is 16.5. The smallest absolute Gasteiger partial charge is 0.129 e. The van der Waals surface area contributed by atoms with Crippen molar-refractivity contribution in [1.82, 2.24) is 5.32 Å². The number of hydrogen-bond acceptors (Lipinski definition) is 4. The standard InChI is InChI=1S/C15H25NO3/c1-12(2)16-8-13-7-15(19-9-13)11-17-10-14-5-3-4-6-18-14/h7,9,12,14,16H,3-6,8,10-11H2,1-2H3. The molecule has 108 valence electrons. The summed E-state index contributed by atoms with van der Waals surface area (Å²) in [6.45, 7) is 7.18. The van der Waals surface area contributed by atoms with Gasteiger partial charge in [-0.1, -0.05) is 13.8 Å². The van der Waals surface area contributed by atoms with Gasteiger partial charge in [0.15, 0.2) is 0 Å². The Morgan fingerprint density at radius 1 is 1.42 bits per heavy atom. The summed E-state index contributed by atoms with van der Waals surface area (Å²) in [5, 5.41) is 3.36. The molecule has 1 aromatic heterocycles. The van der Waals surface area contributed by atoms with Crippen molar-refractivity contribution in [2.24, 2.45) is 0 Å². The van der Waals surface area contributed by atoms with E-state index in [0.717, 1.165) is 25.3 Å². The molecular weight excluding hydrogens is 242 g/mol. The second-order valence-corrected chi connectivity index (χ2v) is 5.46. The van der Waals surface area contributed by atoms with Crippen LogP contribution in [0.3, 0.4) is 0 Å². The molecule has 0 saturated carbocycles. The summed E-state index contributed by atoms with van der Waals surface area (Å²) in [7, 11) is 0. The predicted molar refractivity (Wildman–Crippen MR) is 73.9 cm³/mol. The highest BCUT2D eigenvalue weighted by molar-refractivity contribution is 5.12. The van der Waals surface area contributed by atoms with Crippen LogP contribution in [0.1, 0.15) is 44.4 Å². The van der Waals surface area contributed by atoms with E-state index in [-0.39, 0.29) is 6.10 Å². The third-order valence-electron chi connectivity index (χ3n) is 3.24. The topological polar surface area (TPSA) is 43.6 Å². The third kappa shape index (κ3) is 5.35. The summed E-state index contributed by atoms with van der Waals surface area (Å²) in [6.07, 6.45) is 5.61. The van der Waals surface area contributed by atoms with Gasteiger partial charge in [-0.15, -0.1) is 0 Å². The van der Waals surface area contributed by atoms with Crippen LogP contribution in [-0.2, 0) is 22.6 Å². The number of ether oxygens (including phenoxy) is 2. The maximum Gasteiger partial charge on any atom is 0.129 e. The Kier molecular flexibility index (Phi) is 5.89. The molecule has 1 unspecified atom stereocenters. The minimum Gasteiger partial charge on any atom is -0.467 e. The van der Waals surface area contributed by atoms with Gasteiger partial charge in [0.1, 0.15) is 12.4 Å². The quantitative estimate of drug-likeness (QED) is 0.825. The van der Waals surface area contributed by atoms with Crippen LogP contribution in [0.15, 0.2) is 16.7 Å². The molecule has 1 fully saturated rings. The van der Waals surface area contributed by atoms with Crippen molar-refractivity contribution in [3.05, 3.63) is 23.7 Å². The van der Waals surface area contributed by atoms with Crippen LogP contribution in [0.5, 0.6) is 0 Å². The molecule has 1 aromatic rings. The van der Waals surface area contributed by atoms with E-state index in [2.05, 4.69) is 25.2 Å². The zero-order valence-electron chi connectivity index (χ0n) is 12.0. The van der Waals surface area contributed by atoms with Crippen LogP contribution in [-0.4, -0.2) is 25.4 Å². The largest absolute Gasteiger partial charge is 0.467 e. The lowest BCUT2D eigenvalue weighted by molar-refractivity contribution is -0.0472. The maximum atomic E-state index is 5.66. The molecule has 4 nitrogen and oxygen atoms in total. The van der Waals surface area contributed by atoms with Gasteiger partial charge < -0.3 is 19.2 Å². The lowest BCUT2D eigenvalue weighted by Gasteiger charge is -2.21. The molecule has 2 heterocycles. The molecule has 0 radical (unpaired) electrons. The first-order valence-electron chi connectivity index (χ1n) is 7.23. The number of furan rings is 1. The average Bonchev–Trinajstić information content (AvgIpc) is 2.86. The Morgan fingerprint density at radius 2 is 2.32 bits per heavy atom. The second-order valence-electron chi connectivity index (χ2n) is 5.46. The van der Waals surface area contributed by atoms with Gasteiger partial charge in [-0.3, -0.25) is 0 Å². The molecule has 19 heavy (non-hydrogen) atoms. The van der Waals surface area contributed by atoms with Crippen LogP contribution in [0, 0.1) is 0 Å². The molecule has 0 aliphatic carbocycles. The normalized spacial score (nSPS) is 20.1. The van der Waals surface area contributed by atoms with E-state index in [1.165, 1.54) is 18.4 Å².